The lowest BCUT2D eigenvalue weighted by molar-refractivity contribution is -0.153. The number of carbonyl (C=O) groups is 2. The normalized spacial score (nSPS) is 12.0. The molecule has 0 heterocycles. The summed E-state index contributed by atoms with van der Waals surface area (Å²) in [7, 11) is 0. The Morgan fingerprint density at radius 2 is 1.33 bits per heavy atom. The minimum absolute atomic E-state index is 0.0465. The van der Waals surface area contributed by atoms with Gasteiger partial charge in [-0.15, -0.1) is 0 Å². The maximum absolute atomic E-state index is 12.2. The summed E-state index contributed by atoms with van der Waals surface area (Å²) in [6, 6.07) is -0.595. The van der Waals surface area contributed by atoms with Crippen molar-refractivity contribution in [2.45, 2.75) is 91.0 Å². The molecule has 142 valence electrons. The summed E-state index contributed by atoms with van der Waals surface area (Å²) < 4.78 is 10.5. The van der Waals surface area contributed by atoms with Crippen molar-refractivity contribution >= 4 is 11.9 Å². The first-order valence-electron chi connectivity index (χ1n) is 9.71. The Kier molecular flexibility index (Phi) is 16.0. The molecule has 5 heteroatoms. The second-order valence-corrected chi connectivity index (χ2v) is 6.22. The molecule has 0 spiro atoms. The van der Waals surface area contributed by atoms with Crippen LogP contribution in [0.4, 0.5) is 0 Å². The van der Waals surface area contributed by atoms with E-state index in [1.54, 1.807) is 0 Å². The van der Waals surface area contributed by atoms with Gasteiger partial charge in [0.05, 0.1) is 19.6 Å². The molecular weight excluding hydrogens is 306 g/mol. The summed E-state index contributed by atoms with van der Waals surface area (Å²) >= 11 is 0. The van der Waals surface area contributed by atoms with Crippen LogP contribution in [0.5, 0.6) is 0 Å². The number of esters is 2. The van der Waals surface area contributed by atoms with Crippen molar-refractivity contribution in [1.82, 2.24) is 5.32 Å². The zero-order valence-electron chi connectivity index (χ0n) is 15.9. The molecule has 0 radical (unpaired) electrons. The quantitative estimate of drug-likeness (QED) is 0.339. The highest BCUT2D eigenvalue weighted by Gasteiger charge is 2.23. The first-order valence-corrected chi connectivity index (χ1v) is 9.71. The Bertz CT molecular complexity index is 320. The maximum atomic E-state index is 12.2. The van der Waals surface area contributed by atoms with Crippen molar-refractivity contribution in [2.75, 3.05) is 19.8 Å². The molecule has 0 unspecified atom stereocenters. The van der Waals surface area contributed by atoms with Gasteiger partial charge in [-0.1, -0.05) is 59.3 Å². The first kappa shape index (κ1) is 22.9. The fraction of sp³-hybridized carbons (Fsp3) is 0.895. The molecule has 0 amide bonds. The smallest absolute Gasteiger partial charge is 0.323 e. The average Bonchev–Trinajstić information content (AvgIpc) is 2.58. The van der Waals surface area contributed by atoms with Crippen LogP contribution in [-0.4, -0.2) is 37.7 Å². The van der Waals surface area contributed by atoms with Gasteiger partial charge in [0.25, 0.3) is 0 Å². The number of hydrogen-bond donors (Lipinski definition) is 1. The minimum atomic E-state index is -0.595. The van der Waals surface area contributed by atoms with Crippen LogP contribution in [0.15, 0.2) is 0 Å². The third-order valence-corrected chi connectivity index (χ3v) is 3.83. The third kappa shape index (κ3) is 13.3. The minimum Gasteiger partial charge on any atom is -0.466 e. The number of rotatable bonds is 16. The van der Waals surface area contributed by atoms with Gasteiger partial charge in [0.15, 0.2) is 0 Å². The van der Waals surface area contributed by atoms with Gasteiger partial charge in [-0.05, 0) is 25.8 Å². The molecule has 24 heavy (non-hydrogen) atoms. The molecule has 0 aromatic carbocycles. The molecule has 5 nitrogen and oxygen atoms in total. The third-order valence-electron chi connectivity index (χ3n) is 3.83. The second-order valence-electron chi connectivity index (χ2n) is 6.22. The topological polar surface area (TPSA) is 64.6 Å². The summed E-state index contributed by atoms with van der Waals surface area (Å²) in [5, 5.41) is 3.15. The van der Waals surface area contributed by atoms with Gasteiger partial charge in [-0.3, -0.25) is 9.59 Å². The van der Waals surface area contributed by atoms with Gasteiger partial charge in [0.2, 0.25) is 0 Å². The molecule has 0 aliphatic carbocycles. The van der Waals surface area contributed by atoms with E-state index in [2.05, 4.69) is 26.1 Å². The van der Waals surface area contributed by atoms with Crippen molar-refractivity contribution < 1.29 is 19.1 Å². The molecule has 1 N–H and O–H groups in total. The Morgan fingerprint density at radius 3 is 1.92 bits per heavy atom. The van der Waals surface area contributed by atoms with E-state index in [9.17, 15) is 9.59 Å². The summed E-state index contributed by atoms with van der Waals surface area (Å²) in [6.07, 6.45) is 9.26. The molecule has 0 aromatic heterocycles. The molecule has 0 aromatic rings. The zero-order valence-corrected chi connectivity index (χ0v) is 15.9. The lowest BCUT2D eigenvalue weighted by Gasteiger charge is -2.17. The number of carbonyl (C=O) groups excluding carboxylic acids is 2. The average molecular weight is 344 g/mol. The summed E-state index contributed by atoms with van der Waals surface area (Å²) in [5.41, 5.74) is 0. The largest absolute Gasteiger partial charge is 0.466 e. The maximum Gasteiger partial charge on any atom is 0.323 e. The lowest BCUT2D eigenvalue weighted by Crippen LogP contribution is -2.40. The fourth-order valence-corrected chi connectivity index (χ4v) is 2.28. The SMILES string of the molecule is CCCCCN[C@@H](CC(=O)OCCCCC)C(=O)OCCCCC. The Labute approximate surface area is 147 Å². The summed E-state index contributed by atoms with van der Waals surface area (Å²) in [4.78, 5) is 24.1. The van der Waals surface area contributed by atoms with E-state index in [0.717, 1.165) is 57.8 Å². The van der Waals surface area contributed by atoms with Crippen LogP contribution < -0.4 is 5.32 Å². The summed E-state index contributed by atoms with van der Waals surface area (Å²) in [5.74, 6) is -0.669. The van der Waals surface area contributed by atoms with E-state index in [-0.39, 0.29) is 18.4 Å². The van der Waals surface area contributed by atoms with Crippen molar-refractivity contribution in [3.8, 4) is 0 Å². The highest BCUT2D eigenvalue weighted by Crippen LogP contribution is 2.04. The van der Waals surface area contributed by atoms with Gasteiger partial charge >= 0.3 is 11.9 Å². The van der Waals surface area contributed by atoms with Crippen molar-refractivity contribution in [3.05, 3.63) is 0 Å². The van der Waals surface area contributed by atoms with E-state index in [1.165, 1.54) is 0 Å². The predicted octanol–water partition coefficient (Wildman–Crippen LogP) is 3.99. The number of nitrogens with one attached hydrogen (secondary N) is 1. The molecule has 0 saturated carbocycles. The van der Waals surface area contributed by atoms with Gasteiger partial charge < -0.3 is 14.8 Å². The molecular formula is C19H37NO4. The van der Waals surface area contributed by atoms with Crippen molar-refractivity contribution in [2.24, 2.45) is 0 Å². The summed E-state index contributed by atoms with van der Waals surface area (Å²) in [6.45, 7) is 7.91. The van der Waals surface area contributed by atoms with Crippen LogP contribution >= 0.6 is 0 Å². The van der Waals surface area contributed by atoms with E-state index in [0.29, 0.717) is 19.8 Å². The van der Waals surface area contributed by atoms with Crippen LogP contribution in [0.1, 0.15) is 85.0 Å². The molecule has 0 aliphatic rings. The van der Waals surface area contributed by atoms with Crippen molar-refractivity contribution in [1.29, 1.82) is 0 Å². The predicted molar refractivity (Wildman–Crippen MR) is 96.9 cm³/mol. The molecule has 0 fully saturated rings. The van der Waals surface area contributed by atoms with E-state index >= 15 is 0 Å². The van der Waals surface area contributed by atoms with Crippen LogP contribution in [0, 0.1) is 0 Å². The number of unbranched alkanes of at least 4 members (excludes halogenated alkanes) is 6. The highest BCUT2D eigenvalue weighted by atomic mass is 16.5. The van der Waals surface area contributed by atoms with E-state index < -0.39 is 6.04 Å². The monoisotopic (exact) mass is 343 g/mol. The van der Waals surface area contributed by atoms with Crippen LogP contribution in [0.3, 0.4) is 0 Å². The number of hydrogen-bond acceptors (Lipinski definition) is 5. The molecule has 0 bridgehead atoms. The molecule has 0 rings (SSSR count). The van der Waals surface area contributed by atoms with E-state index in [1.807, 2.05) is 0 Å². The van der Waals surface area contributed by atoms with Crippen LogP contribution in [0.25, 0.3) is 0 Å². The Morgan fingerprint density at radius 1 is 0.792 bits per heavy atom. The van der Waals surface area contributed by atoms with Gasteiger partial charge in [-0.2, -0.15) is 0 Å². The van der Waals surface area contributed by atoms with Crippen LogP contribution in [0.2, 0.25) is 0 Å². The van der Waals surface area contributed by atoms with Gasteiger partial charge in [0.1, 0.15) is 6.04 Å². The Hall–Kier alpha value is -1.10. The first-order chi connectivity index (χ1) is 11.7. The number of ether oxygens (including phenoxy) is 2. The Balaban J connectivity index is 4.23. The molecule has 1 atom stereocenters. The standard InChI is InChI=1S/C19H37NO4/c1-4-7-10-13-20-17(19(22)24-15-12-9-6-3)16-18(21)23-14-11-8-5-2/h17,20H,4-16H2,1-3H3/t17-/m0/s1. The van der Waals surface area contributed by atoms with Gasteiger partial charge in [-0.25, -0.2) is 0 Å². The fourth-order valence-electron chi connectivity index (χ4n) is 2.28. The zero-order chi connectivity index (χ0) is 18.0. The van der Waals surface area contributed by atoms with Crippen LogP contribution in [-0.2, 0) is 19.1 Å². The lowest BCUT2D eigenvalue weighted by atomic mass is 10.2. The van der Waals surface area contributed by atoms with E-state index in [4.69, 9.17) is 9.47 Å². The second kappa shape index (κ2) is 16.7. The van der Waals surface area contributed by atoms with Gasteiger partial charge in [0, 0.05) is 0 Å². The molecule has 0 aliphatic heterocycles. The highest BCUT2D eigenvalue weighted by molar-refractivity contribution is 5.82. The van der Waals surface area contributed by atoms with Crippen molar-refractivity contribution in [3.63, 3.8) is 0 Å². The molecule has 0 saturated heterocycles.